The maximum atomic E-state index is 11.9. The molecule has 5 nitrogen and oxygen atoms in total. The lowest BCUT2D eigenvalue weighted by Gasteiger charge is -2.12. The summed E-state index contributed by atoms with van der Waals surface area (Å²) in [5.41, 5.74) is 0.973. The number of nitrogens with zero attached hydrogens (tertiary/aromatic N) is 3. The number of carbonyl (C=O) groups excluding carboxylic acids is 1. The van der Waals surface area contributed by atoms with Crippen LogP contribution in [-0.2, 0) is 11.3 Å². The summed E-state index contributed by atoms with van der Waals surface area (Å²) >= 11 is 1.47. The first-order valence-electron chi connectivity index (χ1n) is 7.06. The van der Waals surface area contributed by atoms with Gasteiger partial charge in [-0.25, -0.2) is 4.98 Å². The van der Waals surface area contributed by atoms with Crippen molar-refractivity contribution in [3.63, 3.8) is 0 Å². The van der Waals surface area contributed by atoms with Crippen LogP contribution < -0.4 is 5.32 Å². The summed E-state index contributed by atoms with van der Waals surface area (Å²) in [7, 11) is 0. The molecule has 0 saturated carbocycles. The topological polar surface area (TPSA) is 59.8 Å². The van der Waals surface area contributed by atoms with E-state index < -0.39 is 0 Å². The van der Waals surface area contributed by atoms with Crippen molar-refractivity contribution < 1.29 is 4.79 Å². The second-order valence-corrected chi connectivity index (χ2v) is 6.02. The van der Waals surface area contributed by atoms with Gasteiger partial charge in [0, 0.05) is 25.1 Å². The molecule has 1 N–H and O–H groups in total. The first-order chi connectivity index (χ1) is 10.2. The van der Waals surface area contributed by atoms with Crippen molar-refractivity contribution in [3.8, 4) is 0 Å². The molecule has 6 heteroatoms. The molecule has 0 aliphatic carbocycles. The second-order valence-electron chi connectivity index (χ2n) is 4.71. The molecule has 0 aliphatic rings. The van der Waals surface area contributed by atoms with Gasteiger partial charge in [0.05, 0.1) is 17.5 Å². The number of hydrogen-bond acceptors (Lipinski definition) is 4. The number of pyridine rings is 1. The summed E-state index contributed by atoms with van der Waals surface area (Å²) in [6, 6.07) is 5.84. The van der Waals surface area contributed by atoms with Crippen LogP contribution in [0.2, 0.25) is 0 Å². The van der Waals surface area contributed by atoms with Gasteiger partial charge in [-0.15, -0.1) is 0 Å². The van der Waals surface area contributed by atoms with E-state index in [2.05, 4.69) is 15.3 Å². The lowest BCUT2D eigenvalue weighted by atomic mass is 10.3. The molecule has 2 aromatic heterocycles. The largest absolute Gasteiger partial charge is 0.355 e. The molecule has 1 atom stereocenters. The van der Waals surface area contributed by atoms with Gasteiger partial charge in [-0.3, -0.25) is 9.78 Å². The zero-order chi connectivity index (χ0) is 15.1. The van der Waals surface area contributed by atoms with Crippen LogP contribution in [0.1, 0.15) is 26.0 Å². The Morgan fingerprint density at radius 2 is 2.24 bits per heavy atom. The molecular weight excluding hydrogens is 284 g/mol. The average Bonchev–Trinajstić information content (AvgIpc) is 2.92. The summed E-state index contributed by atoms with van der Waals surface area (Å²) in [6.07, 6.45) is 6.38. The molecule has 0 saturated heterocycles. The van der Waals surface area contributed by atoms with Crippen LogP contribution in [0.4, 0.5) is 0 Å². The molecular formula is C15H20N4OS. The van der Waals surface area contributed by atoms with Crippen LogP contribution in [0.15, 0.2) is 41.9 Å². The van der Waals surface area contributed by atoms with Crippen molar-refractivity contribution >= 4 is 17.7 Å². The van der Waals surface area contributed by atoms with Crippen LogP contribution in [0, 0.1) is 0 Å². The number of thioether (sulfide) groups is 1. The fraction of sp³-hybridized carbons (Fsp3) is 0.400. The molecule has 0 spiro atoms. The van der Waals surface area contributed by atoms with Crippen LogP contribution in [0.5, 0.6) is 0 Å². The molecule has 0 radical (unpaired) electrons. The average molecular weight is 304 g/mol. The molecule has 1 unspecified atom stereocenters. The third-order valence-corrected chi connectivity index (χ3v) is 4.05. The summed E-state index contributed by atoms with van der Waals surface area (Å²) in [6.45, 7) is 5.31. The van der Waals surface area contributed by atoms with Gasteiger partial charge in [-0.1, -0.05) is 24.8 Å². The van der Waals surface area contributed by atoms with Gasteiger partial charge in [0.15, 0.2) is 5.16 Å². The monoisotopic (exact) mass is 304 g/mol. The number of rotatable bonds is 7. The first-order valence-corrected chi connectivity index (χ1v) is 7.94. The highest BCUT2D eigenvalue weighted by atomic mass is 32.2. The Bertz CT molecular complexity index is 570. The van der Waals surface area contributed by atoms with Crippen molar-refractivity contribution in [1.82, 2.24) is 19.9 Å². The predicted molar refractivity (Wildman–Crippen MR) is 84.2 cm³/mol. The van der Waals surface area contributed by atoms with E-state index in [-0.39, 0.29) is 11.2 Å². The number of carbonyl (C=O) groups is 1. The van der Waals surface area contributed by atoms with Crippen LogP contribution in [0.25, 0.3) is 0 Å². The molecule has 2 aromatic rings. The second kappa shape index (κ2) is 7.83. The first kappa shape index (κ1) is 15.6. The standard InChI is InChI=1S/C15H20N4OS/c1-3-7-17-14(20)12(2)21-15-18-9-10-19(15)11-13-6-4-5-8-16-13/h4-6,8-10,12H,3,7,11H2,1-2H3,(H,17,20). The fourth-order valence-electron chi connectivity index (χ4n) is 1.80. The van der Waals surface area contributed by atoms with E-state index in [1.54, 1.807) is 12.4 Å². The molecule has 0 aliphatic heterocycles. The summed E-state index contributed by atoms with van der Waals surface area (Å²) in [5.74, 6) is 0.0502. The summed E-state index contributed by atoms with van der Waals surface area (Å²) < 4.78 is 2.01. The van der Waals surface area contributed by atoms with Crippen molar-refractivity contribution in [3.05, 3.63) is 42.5 Å². The molecule has 0 bridgehead atoms. The molecule has 1 amide bonds. The minimum absolute atomic E-state index is 0.0502. The quantitative estimate of drug-likeness (QED) is 0.798. The van der Waals surface area contributed by atoms with E-state index in [1.807, 2.05) is 42.8 Å². The van der Waals surface area contributed by atoms with Gasteiger partial charge in [-0.05, 0) is 25.5 Å². The van der Waals surface area contributed by atoms with E-state index in [4.69, 9.17) is 0 Å². The third-order valence-electron chi connectivity index (χ3n) is 2.94. The molecule has 21 heavy (non-hydrogen) atoms. The Kier molecular flexibility index (Phi) is 5.80. The van der Waals surface area contributed by atoms with E-state index in [0.717, 1.165) is 17.3 Å². The Morgan fingerprint density at radius 1 is 1.38 bits per heavy atom. The Hall–Kier alpha value is -1.82. The molecule has 2 heterocycles. The molecule has 0 aromatic carbocycles. The minimum atomic E-state index is -0.165. The molecule has 0 fully saturated rings. The van der Waals surface area contributed by atoms with E-state index in [1.165, 1.54) is 11.8 Å². The lowest BCUT2D eigenvalue weighted by Crippen LogP contribution is -2.31. The number of aromatic nitrogens is 3. The van der Waals surface area contributed by atoms with E-state index in [0.29, 0.717) is 13.1 Å². The van der Waals surface area contributed by atoms with Gasteiger partial charge in [0.25, 0.3) is 0 Å². The molecule has 2 rings (SSSR count). The van der Waals surface area contributed by atoms with E-state index >= 15 is 0 Å². The summed E-state index contributed by atoms with van der Waals surface area (Å²) in [4.78, 5) is 20.6. The third kappa shape index (κ3) is 4.60. The smallest absolute Gasteiger partial charge is 0.233 e. The summed E-state index contributed by atoms with van der Waals surface area (Å²) in [5, 5.41) is 3.57. The number of nitrogens with one attached hydrogen (secondary N) is 1. The highest BCUT2D eigenvalue weighted by Gasteiger charge is 2.16. The van der Waals surface area contributed by atoms with Gasteiger partial charge < -0.3 is 9.88 Å². The SMILES string of the molecule is CCCNC(=O)C(C)Sc1nccn1Cc1ccccn1. The zero-order valence-corrected chi connectivity index (χ0v) is 13.1. The highest BCUT2D eigenvalue weighted by molar-refractivity contribution is 8.00. The Labute approximate surface area is 129 Å². The molecule has 112 valence electrons. The van der Waals surface area contributed by atoms with Crippen molar-refractivity contribution in [2.45, 2.75) is 37.2 Å². The fourth-order valence-corrected chi connectivity index (χ4v) is 2.69. The van der Waals surface area contributed by atoms with Crippen LogP contribution in [0.3, 0.4) is 0 Å². The normalized spacial score (nSPS) is 12.1. The van der Waals surface area contributed by atoms with Gasteiger partial charge in [0.1, 0.15) is 0 Å². The predicted octanol–water partition coefficient (Wildman–Crippen LogP) is 2.33. The van der Waals surface area contributed by atoms with Crippen LogP contribution >= 0.6 is 11.8 Å². The van der Waals surface area contributed by atoms with Gasteiger partial charge in [-0.2, -0.15) is 0 Å². The maximum absolute atomic E-state index is 11.9. The van der Waals surface area contributed by atoms with Crippen molar-refractivity contribution in [2.24, 2.45) is 0 Å². The maximum Gasteiger partial charge on any atom is 0.233 e. The number of hydrogen-bond donors (Lipinski definition) is 1. The Morgan fingerprint density at radius 3 is 2.95 bits per heavy atom. The van der Waals surface area contributed by atoms with Crippen molar-refractivity contribution in [2.75, 3.05) is 6.54 Å². The Balaban J connectivity index is 1.98. The minimum Gasteiger partial charge on any atom is -0.355 e. The highest BCUT2D eigenvalue weighted by Crippen LogP contribution is 2.22. The van der Waals surface area contributed by atoms with Crippen molar-refractivity contribution in [1.29, 1.82) is 0 Å². The number of imidazole rings is 1. The van der Waals surface area contributed by atoms with Gasteiger partial charge >= 0.3 is 0 Å². The van der Waals surface area contributed by atoms with Gasteiger partial charge in [0.2, 0.25) is 5.91 Å². The zero-order valence-electron chi connectivity index (χ0n) is 12.3. The van der Waals surface area contributed by atoms with E-state index in [9.17, 15) is 4.79 Å². The number of amides is 1. The van der Waals surface area contributed by atoms with Crippen LogP contribution in [-0.4, -0.2) is 32.2 Å². The lowest BCUT2D eigenvalue weighted by molar-refractivity contribution is -0.120.